The van der Waals surface area contributed by atoms with Crippen molar-refractivity contribution in [2.24, 2.45) is 5.92 Å². The molecule has 0 bridgehead atoms. The lowest BCUT2D eigenvalue weighted by Gasteiger charge is -2.28. The summed E-state index contributed by atoms with van der Waals surface area (Å²) in [4.78, 5) is 17.4. The van der Waals surface area contributed by atoms with Crippen molar-refractivity contribution in [3.8, 4) is 5.75 Å². The van der Waals surface area contributed by atoms with Gasteiger partial charge in [0.05, 0.1) is 11.2 Å². The molecule has 30 heavy (non-hydrogen) atoms. The molecule has 0 saturated carbocycles. The van der Waals surface area contributed by atoms with E-state index in [1.165, 1.54) is 4.90 Å². The second-order valence-electron chi connectivity index (χ2n) is 7.71. The average molecular weight is 402 g/mol. The standard InChI is InChI=1S/C25H26N2O3/c1-18-22(12-11-19-13-15-27(16-14-19)25(28)29)26-23-10-6-5-9-21(23)24(18)30-17-20-7-3-2-4-8-20/h2-12,19H,13-17H2,1H3,(H,28,29). The van der Waals surface area contributed by atoms with Crippen molar-refractivity contribution >= 4 is 23.1 Å². The Bertz CT molecular complexity index is 1050. The second-order valence-corrected chi connectivity index (χ2v) is 7.71. The maximum absolute atomic E-state index is 11.1. The summed E-state index contributed by atoms with van der Waals surface area (Å²) in [7, 11) is 0. The molecule has 1 aromatic heterocycles. The number of piperidine rings is 1. The number of para-hydroxylation sites is 1. The van der Waals surface area contributed by atoms with Crippen LogP contribution in [-0.2, 0) is 6.61 Å². The molecule has 1 aliphatic heterocycles. The Kier molecular flexibility index (Phi) is 5.98. The fourth-order valence-electron chi connectivity index (χ4n) is 3.88. The van der Waals surface area contributed by atoms with Crippen molar-refractivity contribution in [3.05, 3.63) is 77.5 Å². The highest BCUT2D eigenvalue weighted by molar-refractivity contribution is 5.88. The Hall–Kier alpha value is -3.34. The number of hydrogen-bond donors (Lipinski definition) is 1. The van der Waals surface area contributed by atoms with Crippen molar-refractivity contribution in [2.75, 3.05) is 13.1 Å². The van der Waals surface area contributed by atoms with Gasteiger partial charge in [-0.3, -0.25) is 0 Å². The summed E-state index contributed by atoms with van der Waals surface area (Å²) in [6.45, 7) is 3.72. The third kappa shape index (κ3) is 4.46. The number of rotatable bonds is 5. The number of pyridine rings is 1. The van der Waals surface area contributed by atoms with Crippen LogP contribution in [0.4, 0.5) is 4.79 Å². The smallest absolute Gasteiger partial charge is 0.407 e. The average Bonchev–Trinajstić information content (AvgIpc) is 2.78. The Morgan fingerprint density at radius 1 is 1.13 bits per heavy atom. The van der Waals surface area contributed by atoms with E-state index in [0.717, 1.165) is 46.3 Å². The van der Waals surface area contributed by atoms with Crippen LogP contribution in [0.2, 0.25) is 0 Å². The van der Waals surface area contributed by atoms with Gasteiger partial charge >= 0.3 is 6.09 Å². The van der Waals surface area contributed by atoms with Crippen LogP contribution in [0.15, 0.2) is 60.7 Å². The van der Waals surface area contributed by atoms with E-state index in [4.69, 9.17) is 14.8 Å². The van der Waals surface area contributed by atoms with Crippen LogP contribution in [0.25, 0.3) is 17.0 Å². The first kappa shape index (κ1) is 20.0. The van der Waals surface area contributed by atoms with Crippen LogP contribution in [0.1, 0.15) is 29.7 Å². The summed E-state index contributed by atoms with van der Waals surface area (Å²) >= 11 is 0. The van der Waals surface area contributed by atoms with Gasteiger partial charge < -0.3 is 14.7 Å². The van der Waals surface area contributed by atoms with Crippen molar-refractivity contribution in [1.82, 2.24) is 9.88 Å². The number of fused-ring (bicyclic) bond motifs is 1. The lowest BCUT2D eigenvalue weighted by Crippen LogP contribution is -2.36. The predicted octanol–water partition coefficient (Wildman–Crippen LogP) is 5.53. The Balaban J connectivity index is 1.57. The van der Waals surface area contributed by atoms with E-state index in [-0.39, 0.29) is 0 Å². The van der Waals surface area contributed by atoms with E-state index in [2.05, 4.69) is 24.3 Å². The first-order valence-electron chi connectivity index (χ1n) is 10.3. The third-order valence-corrected chi connectivity index (χ3v) is 5.68. The molecule has 0 unspecified atom stereocenters. The quantitative estimate of drug-likeness (QED) is 0.610. The molecule has 2 heterocycles. The van der Waals surface area contributed by atoms with Crippen LogP contribution in [0, 0.1) is 12.8 Å². The fourth-order valence-corrected chi connectivity index (χ4v) is 3.88. The van der Waals surface area contributed by atoms with E-state index in [0.29, 0.717) is 25.6 Å². The molecule has 0 radical (unpaired) electrons. The number of benzene rings is 2. The van der Waals surface area contributed by atoms with Gasteiger partial charge in [-0.15, -0.1) is 0 Å². The monoisotopic (exact) mass is 402 g/mol. The summed E-state index contributed by atoms with van der Waals surface area (Å²) < 4.78 is 6.26. The predicted molar refractivity (Wildman–Crippen MR) is 119 cm³/mol. The molecule has 0 atom stereocenters. The minimum Gasteiger partial charge on any atom is -0.488 e. The van der Waals surface area contributed by atoms with Crippen LogP contribution in [0.5, 0.6) is 5.75 Å². The van der Waals surface area contributed by atoms with E-state index in [1.807, 2.05) is 49.4 Å². The molecule has 1 amide bonds. The highest BCUT2D eigenvalue weighted by Crippen LogP contribution is 2.32. The zero-order valence-corrected chi connectivity index (χ0v) is 17.1. The minimum absolute atomic E-state index is 0.363. The molecule has 154 valence electrons. The van der Waals surface area contributed by atoms with Gasteiger partial charge in [0.25, 0.3) is 0 Å². The van der Waals surface area contributed by atoms with Crippen LogP contribution in [0.3, 0.4) is 0 Å². The number of nitrogens with zero attached hydrogens (tertiary/aromatic N) is 2. The maximum atomic E-state index is 11.1. The number of carboxylic acid groups (broad SMARTS) is 1. The van der Waals surface area contributed by atoms with Crippen LogP contribution < -0.4 is 4.74 Å². The first-order valence-corrected chi connectivity index (χ1v) is 10.3. The zero-order valence-electron chi connectivity index (χ0n) is 17.1. The van der Waals surface area contributed by atoms with E-state index >= 15 is 0 Å². The molecule has 3 aromatic rings. The van der Waals surface area contributed by atoms with Gasteiger partial charge in [-0.25, -0.2) is 9.78 Å². The molecule has 1 N–H and O–H groups in total. The molecule has 5 heteroatoms. The first-order chi connectivity index (χ1) is 14.6. The zero-order chi connectivity index (χ0) is 20.9. The van der Waals surface area contributed by atoms with Crippen molar-refractivity contribution < 1.29 is 14.6 Å². The van der Waals surface area contributed by atoms with Gasteiger partial charge in [0.15, 0.2) is 0 Å². The van der Waals surface area contributed by atoms with Gasteiger partial charge in [-0.05, 0) is 49.5 Å². The number of amides is 1. The SMILES string of the molecule is Cc1c(C=CC2CCN(C(=O)O)CC2)nc2ccccc2c1OCc1ccccc1. The van der Waals surface area contributed by atoms with Crippen molar-refractivity contribution in [3.63, 3.8) is 0 Å². The molecule has 0 spiro atoms. The number of allylic oxidation sites excluding steroid dienone is 1. The summed E-state index contributed by atoms with van der Waals surface area (Å²) in [5.41, 5.74) is 3.95. The topological polar surface area (TPSA) is 62.7 Å². The largest absolute Gasteiger partial charge is 0.488 e. The third-order valence-electron chi connectivity index (χ3n) is 5.68. The molecular formula is C25H26N2O3. The van der Waals surface area contributed by atoms with E-state index < -0.39 is 6.09 Å². The summed E-state index contributed by atoms with van der Waals surface area (Å²) in [6.07, 6.45) is 5.09. The Morgan fingerprint density at radius 3 is 2.57 bits per heavy atom. The summed E-state index contributed by atoms with van der Waals surface area (Å²) in [5.74, 6) is 1.23. The van der Waals surface area contributed by atoms with Gasteiger partial charge in [-0.1, -0.05) is 48.5 Å². The molecule has 1 aliphatic rings. The molecule has 1 fully saturated rings. The van der Waals surface area contributed by atoms with E-state index in [1.54, 1.807) is 0 Å². The van der Waals surface area contributed by atoms with Crippen molar-refractivity contribution in [1.29, 1.82) is 0 Å². The van der Waals surface area contributed by atoms with E-state index in [9.17, 15) is 4.79 Å². The molecular weight excluding hydrogens is 376 g/mol. The van der Waals surface area contributed by atoms with Gasteiger partial charge in [0.1, 0.15) is 12.4 Å². The van der Waals surface area contributed by atoms with Gasteiger partial charge in [-0.2, -0.15) is 0 Å². The molecule has 1 saturated heterocycles. The van der Waals surface area contributed by atoms with Gasteiger partial charge in [0, 0.05) is 24.0 Å². The van der Waals surface area contributed by atoms with Crippen LogP contribution in [-0.4, -0.2) is 34.2 Å². The second kappa shape index (κ2) is 8.99. The summed E-state index contributed by atoms with van der Waals surface area (Å²) in [5, 5.41) is 10.1. The molecule has 4 rings (SSSR count). The number of carbonyl (C=O) groups is 1. The minimum atomic E-state index is -0.829. The lowest BCUT2D eigenvalue weighted by molar-refractivity contribution is 0.129. The van der Waals surface area contributed by atoms with Crippen LogP contribution >= 0.6 is 0 Å². The normalized spacial score (nSPS) is 15.0. The molecule has 2 aromatic carbocycles. The molecule has 5 nitrogen and oxygen atoms in total. The number of aromatic nitrogens is 1. The lowest BCUT2D eigenvalue weighted by atomic mass is 9.96. The number of ether oxygens (including phenoxy) is 1. The summed E-state index contributed by atoms with van der Waals surface area (Å²) in [6, 6.07) is 18.2. The highest BCUT2D eigenvalue weighted by atomic mass is 16.5. The van der Waals surface area contributed by atoms with Gasteiger partial charge in [0.2, 0.25) is 0 Å². The Morgan fingerprint density at radius 2 is 1.83 bits per heavy atom. The fraction of sp³-hybridized carbons (Fsp3) is 0.280. The maximum Gasteiger partial charge on any atom is 0.407 e. The number of hydrogen-bond acceptors (Lipinski definition) is 3. The molecule has 0 aliphatic carbocycles. The highest BCUT2D eigenvalue weighted by Gasteiger charge is 2.20. The number of likely N-dealkylation sites (tertiary alicyclic amines) is 1. The van der Waals surface area contributed by atoms with Crippen molar-refractivity contribution in [2.45, 2.75) is 26.4 Å². The Labute approximate surface area is 176 Å².